The maximum absolute atomic E-state index is 11.8. The third-order valence-electron chi connectivity index (χ3n) is 3.29. The first kappa shape index (κ1) is 20.2. The van der Waals surface area contributed by atoms with Crippen molar-refractivity contribution in [1.82, 2.24) is 9.55 Å². The first-order valence-electron chi connectivity index (χ1n) is 6.78. The molecule has 1 saturated heterocycles. The van der Waals surface area contributed by atoms with E-state index in [9.17, 15) is 28.7 Å². The first-order chi connectivity index (χ1) is 11.4. The molecule has 0 spiro atoms. The van der Waals surface area contributed by atoms with Gasteiger partial charge < -0.3 is 24.5 Å². The van der Waals surface area contributed by atoms with Crippen molar-refractivity contribution in [2.24, 2.45) is 0 Å². The molecular formula is C10H16N2O11P2. The number of phosphoric ester groups is 1. The molecule has 0 bridgehead atoms. The van der Waals surface area contributed by atoms with Gasteiger partial charge in [0.2, 0.25) is 0 Å². The quantitative estimate of drug-likeness (QED) is 0.355. The van der Waals surface area contributed by atoms with E-state index >= 15 is 0 Å². The molecule has 5 N–H and O–H groups in total. The number of hydrogen-bond acceptors (Lipinski definition) is 8. The summed E-state index contributed by atoms with van der Waals surface area (Å²) in [5.41, 5.74) is -1.21. The van der Waals surface area contributed by atoms with Gasteiger partial charge in [0, 0.05) is 18.2 Å². The summed E-state index contributed by atoms with van der Waals surface area (Å²) in [7, 11) is -10.5. The molecule has 15 heteroatoms. The van der Waals surface area contributed by atoms with Crippen molar-refractivity contribution in [3.8, 4) is 0 Å². The van der Waals surface area contributed by atoms with Gasteiger partial charge in [0.05, 0.1) is 6.61 Å². The second-order valence-electron chi connectivity index (χ2n) is 5.21. The van der Waals surface area contributed by atoms with Gasteiger partial charge in [-0.15, -0.1) is 0 Å². The maximum Gasteiger partial charge on any atom is 0.481 e. The number of aliphatic hydroxyl groups is 1. The van der Waals surface area contributed by atoms with Gasteiger partial charge in [-0.05, 0) is 6.92 Å². The zero-order valence-corrected chi connectivity index (χ0v) is 14.5. The summed E-state index contributed by atoms with van der Waals surface area (Å²) in [5.74, 6) is 0. The Bertz CT molecular complexity index is 842. The Labute approximate surface area is 139 Å². The van der Waals surface area contributed by atoms with E-state index in [2.05, 4.69) is 8.83 Å². The van der Waals surface area contributed by atoms with E-state index in [1.54, 1.807) is 0 Å². The number of nitrogens with one attached hydrogen (secondary N) is 1. The fraction of sp³-hybridized carbons (Fsp3) is 0.600. The molecule has 1 aliphatic rings. The normalized spacial score (nSPS) is 26.5. The molecule has 142 valence electrons. The van der Waals surface area contributed by atoms with E-state index in [1.165, 1.54) is 13.1 Å². The fourth-order valence-corrected chi connectivity index (χ4v) is 4.06. The van der Waals surface area contributed by atoms with Crippen molar-refractivity contribution in [3.63, 3.8) is 0 Å². The number of aromatic nitrogens is 2. The Balaban J connectivity index is 2.22. The van der Waals surface area contributed by atoms with Gasteiger partial charge in [-0.2, -0.15) is 4.31 Å². The topological polar surface area (TPSA) is 198 Å². The van der Waals surface area contributed by atoms with Gasteiger partial charge in [0.1, 0.15) is 18.4 Å². The monoisotopic (exact) mass is 402 g/mol. The number of aryl methyl sites for hydroxylation is 1. The number of rotatable bonds is 6. The van der Waals surface area contributed by atoms with E-state index in [1.807, 2.05) is 4.98 Å². The van der Waals surface area contributed by atoms with E-state index < -0.39 is 51.9 Å². The average Bonchev–Trinajstić information content (AvgIpc) is 2.81. The summed E-state index contributed by atoms with van der Waals surface area (Å²) >= 11 is 0. The van der Waals surface area contributed by atoms with Crippen LogP contribution in [-0.2, 0) is 22.7 Å². The van der Waals surface area contributed by atoms with Gasteiger partial charge in [0.25, 0.3) is 5.56 Å². The number of nitrogens with zero attached hydrogens (tertiary/aromatic N) is 1. The SMILES string of the molecule is Cc1cn([C@H]2C[C@H](OP(=O)(O)OP(=O)(O)O)[C@@H](CO)O2)c(=O)[nH]c1=O. The molecule has 25 heavy (non-hydrogen) atoms. The number of ether oxygens (including phenoxy) is 1. The zero-order chi connectivity index (χ0) is 19.0. The molecule has 13 nitrogen and oxygen atoms in total. The number of H-pyrrole nitrogens is 1. The van der Waals surface area contributed by atoms with Gasteiger partial charge in [-0.3, -0.25) is 18.9 Å². The maximum atomic E-state index is 11.8. The van der Waals surface area contributed by atoms with Gasteiger partial charge in [-0.1, -0.05) is 0 Å². The zero-order valence-electron chi connectivity index (χ0n) is 12.7. The van der Waals surface area contributed by atoms with Gasteiger partial charge >= 0.3 is 21.3 Å². The highest BCUT2D eigenvalue weighted by Gasteiger charge is 2.43. The molecule has 2 rings (SSSR count). The minimum absolute atomic E-state index is 0.200. The van der Waals surface area contributed by atoms with Crippen LogP contribution in [0.1, 0.15) is 18.2 Å². The molecule has 2 heterocycles. The van der Waals surface area contributed by atoms with Gasteiger partial charge in [0.15, 0.2) is 0 Å². The minimum atomic E-state index is -5.30. The average molecular weight is 402 g/mol. The Morgan fingerprint density at radius 3 is 2.56 bits per heavy atom. The van der Waals surface area contributed by atoms with Gasteiger partial charge in [-0.25, -0.2) is 13.9 Å². The molecule has 0 amide bonds. The standard InChI is InChI=1S/C10H16N2O11P2/c1-5-3-12(10(15)11-9(5)14)8-2-6(7(4-13)21-8)22-25(19,20)23-24(16,17)18/h3,6-8,13H,2,4H2,1H3,(H,19,20)(H,11,14,15)(H2,16,17,18)/t6-,7+,8+/m0/s1. The van der Waals surface area contributed by atoms with Crippen LogP contribution in [0.15, 0.2) is 15.8 Å². The Kier molecular flexibility index (Phi) is 5.84. The van der Waals surface area contributed by atoms with Crippen molar-refractivity contribution in [2.75, 3.05) is 6.61 Å². The molecule has 1 fully saturated rings. The van der Waals surface area contributed by atoms with Crippen molar-refractivity contribution in [1.29, 1.82) is 0 Å². The molecule has 1 aromatic rings. The summed E-state index contributed by atoms with van der Waals surface area (Å²) in [6.45, 7) is 0.769. The molecule has 1 aromatic heterocycles. The first-order valence-corrected chi connectivity index (χ1v) is 9.81. The Hall–Kier alpha value is -1.14. The molecule has 1 unspecified atom stereocenters. The summed E-state index contributed by atoms with van der Waals surface area (Å²) in [6, 6.07) is 0. The van der Waals surface area contributed by atoms with Crippen molar-refractivity contribution in [2.45, 2.75) is 31.8 Å². The lowest BCUT2D eigenvalue weighted by molar-refractivity contribution is -0.0452. The van der Waals surface area contributed by atoms with Crippen LogP contribution in [0.3, 0.4) is 0 Å². The summed E-state index contributed by atoms with van der Waals surface area (Å²) in [4.78, 5) is 51.8. The molecule has 0 saturated carbocycles. The van der Waals surface area contributed by atoms with Crippen molar-refractivity contribution >= 4 is 15.6 Å². The second-order valence-corrected chi connectivity index (χ2v) is 7.99. The predicted molar refractivity (Wildman–Crippen MR) is 79.5 cm³/mol. The molecule has 0 aliphatic carbocycles. The van der Waals surface area contributed by atoms with Crippen LogP contribution < -0.4 is 11.2 Å². The van der Waals surface area contributed by atoms with Crippen LogP contribution in [-0.4, -0.2) is 48.2 Å². The highest BCUT2D eigenvalue weighted by atomic mass is 31.3. The lowest BCUT2D eigenvalue weighted by Crippen LogP contribution is -2.33. The summed E-state index contributed by atoms with van der Waals surface area (Å²) < 4.78 is 37.0. The third-order valence-corrected chi connectivity index (χ3v) is 5.51. The Morgan fingerprint density at radius 1 is 1.36 bits per heavy atom. The largest absolute Gasteiger partial charge is 0.481 e. The lowest BCUT2D eigenvalue weighted by Gasteiger charge is -2.19. The van der Waals surface area contributed by atoms with Crippen LogP contribution >= 0.6 is 15.6 Å². The smallest absolute Gasteiger partial charge is 0.394 e. The molecule has 0 aromatic carbocycles. The van der Waals surface area contributed by atoms with E-state index in [-0.39, 0.29) is 12.0 Å². The third kappa shape index (κ3) is 5.17. The van der Waals surface area contributed by atoms with E-state index in [0.29, 0.717) is 0 Å². The molecule has 1 aliphatic heterocycles. The van der Waals surface area contributed by atoms with Crippen LogP contribution in [0, 0.1) is 6.92 Å². The molecule has 0 radical (unpaired) electrons. The summed E-state index contributed by atoms with van der Waals surface area (Å²) in [5, 5.41) is 9.28. The highest BCUT2D eigenvalue weighted by Crippen LogP contribution is 2.59. The fourth-order valence-electron chi connectivity index (χ4n) is 2.27. The van der Waals surface area contributed by atoms with Crippen molar-refractivity contribution in [3.05, 3.63) is 32.6 Å². The molecule has 4 atom stereocenters. The lowest BCUT2D eigenvalue weighted by atomic mass is 10.2. The van der Waals surface area contributed by atoms with E-state index in [4.69, 9.17) is 14.5 Å². The van der Waals surface area contributed by atoms with E-state index in [0.717, 1.165) is 4.57 Å². The molecular weight excluding hydrogens is 386 g/mol. The number of aliphatic hydroxyl groups excluding tert-OH is 1. The van der Waals surface area contributed by atoms with Crippen LogP contribution in [0.5, 0.6) is 0 Å². The van der Waals surface area contributed by atoms with Crippen LogP contribution in [0.25, 0.3) is 0 Å². The summed E-state index contributed by atoms with van der Waals surface area (Å²) in [6.07, 6.45) is -2.57. The number of phosphoric acid groups is 2. The predicted octanol–water partition coefficient (Wildman–Crippen LogP) is -1.28. The van der Waals surface area contributed by atoms with Crippen LogP contribution in [0.2, 0.25) is 0 Å². The van der Waals surface area contributed by atoms with Crippen molar-refractivity contribution < 1.29 is 42.5 Å². The van der Waals surface area contributed by atoms with Crippen LogP contribution in [0.4, 0.5) is 0 Å². The number of aromatic amines is 1. The minimum Gasteiger partial charge on any atom is -0.394 e. The Morgan fingerprint density at radius 2 is 2.00 bits per heavy atom. The number of hydrogen-bond donors (Lipinski definition) is 5. The second kappa shape index (κ2) is 7.23. The highest BCUT2D eigenvalue weighted by molar-refractivity contribution is 7.60.